The van der Waals surface area contributed by atoms with Crippen LogP contribution in [-0.4, -0.2) is 40.0 Å². The molecule has 0 atom stereocenters. The highest BCUT2D eigenvalue weighted by atomic mass is 16.1. The Morgan fingerprint density at radius 3 is 2.74 bits per heavy atom. The third kappa shape index (κ3) is 4.01. The second-order valence-corrected chi connectivity index (χ2v) is 5.63. The third-order valence-corrected chi connectivity index (χ3v) is 3.90. The second kappa shape index (κ2) is 7.15. The number of nitrogens with two attached hydrogens (primary N) is 1. The van der Waals surface area contributed by atoms with Gasteiger partial charge in [-0.15, -0.1) is 0 Å². The zero-order valence-corrected chi connectivity index (χ0v) is 12.8. The zero-order chi connectivity index (χ0) is 16.1. The van der Waals surface area contributed by atoms with Gasteiger partial charge >= 0.3 is 0 Å². The Hall–Kier alpha value is -2.54. The van der Waals surface area contributed by atoms with Crippen LogP contribution in [0.3, 0.4) is 0 Å². The molecule has 3 rings (SSSR count). The number of primary amides is 1. The molecule has 0 aromatic carbocycles. The maximum Gasteiger partial charge on any atom is 0.252 e. The molecule has 4 N–H and O–H groups in total. The molecule has 1 amide bonds. The lowest BCUT2D eigenvalue weighted by Gasteiger charge is -2.25. The molecule has 0 spiro atoms. The van der Waals surface area contributed by atoms with Crippen molar-refractivity contribution in [1.82, 2.24) is 20.3 Å². The first-order valence-electron chi connectivity index (χ1n) is 7.73. The van der Waals surface area contributed by atoms with Crippen molar-refractivity contribution in [3.63, 3.8) is 0 Å². The Bertz CT molecular complexity index is 670. The number of hydrogen-bond acceptors (Lipinski definition) is 6. The average molecular weight is 312 g/mol. The maximum absolute atomic E-state index is 11.6. The molecule has 23 heavy (non-hydrogen) atoms. The van der Waals surface area contributed by atoms with Crippen LogP contribution in [0, 0.1) is 0 Å². The number of anilines is 1. The van der Waals surface area contributed by atoms with Crippen molar-refractivity contribution in [3.05, 3.63) is 47.8 Å². The van der Waals surface area contributed by atoms with Crippen LogP contribution in [0.4, 0.5) is 5.69 Å². The molecule has 2 aromatic rings. The zero-order valence-electron chi connectivity index (χ0n) is 12.8. The first kappa shape index (κ1) is 15.4. The summed E-state index contributed by atoms with van der Waals surface area (Å²) in [5.74, 6) is -0.472. The summed E-state index contributed by atoms with van der Waals surface area (Å²) in [5.41, 5.74) is 8.30. The molecular weight excluding hydrogens is 292 g/mol. The summed E-state index contributed by atoms with van der Waals surface area (Å²) in [6.45, 7) is 1.95. The molecule has 1 fully saturated rings. The quantitative estimate of drug-likeness (QED) is 0.751. The van der Waals surface area contributed by atoms with E-state index in [0.29, 0.717) is 18.0 Å². The number of carbonyl (C=O) groups excluding carboxylic acids is 1. The van der Waals surface area contributed by atoms with Gasteiger partial charge in [-0.2, -0.15) is 0 Å². The third-order valence-electron chi connectivity index (χ3n) is 3.90. The van der Waals surface area contributed by atoms with E-state index in [1.807, 2.05) is 6.07 Å². The van der Waals surface area contributed by atoms with Crippen LogP contribution in [0.25, 0.3) is 0 Å². The van der Waals surface area contributed by atoms with Crippen LogP contribution in [0.15, 0.2) is 30.9 Å². The van der Waals surface area contributed by atoms with Gasteiger partial charge in [-0.3, -0.25) is 19.7 Å². The highest BCUT2D eigenvalue weighted by Crippen LogP contribution is 2.20. The van der Waals surface area contributed by atoms with Crippen molar-refractivity contribution < 1.29 is 4.79 Å². The van der Waals surface area contributed by atoms with E-state index in [9.17, 15) is 4.79 Å². The molecule has 1 saturated heterocycles. The van der Waals surface area contributed by atoms with E-state index >= 15 is 0 Å². The van der Waals surface area contributed by atoms with Crippen LogP contribution in [0.5, 0.6) is 0 Å². The lowest BCUT2D eigenvalue weighted by Crippen LogP contribution is -2.35. The summed E-state index contributed by atoms with van der Waals surface area (Å²) in [4.78, 5) is 24.3. The van der Waals surface area contributed by atoms with Gasteiger partial charge < -0.3 is 16.4 Å². The molecule has 0 aliphatic carbocycles. The Kier molecular flexibility index (Phi) is 4.77. The van der Waals surface area contributed by atoms with E-state index in [-0.39, 0.29) is 0 Å². The first-order valence-corrected chi connectivity index (χ1v) is 7.73. The van der Waals surface area contributed by atoms with Crippen molar-refractivity contribution in [2.45, 2.75) is 25.3 Å². The first-order chi connectivity index (χ1) is 11.2. The van der Waals surface area contributed by atoms with E-state index < -0.39 is 5.91 Å². The lowest BCUT2D eigenvalue weighted by molar-refractivity contribution is 0.100. The minimum Gasteiger partial charge on any atom is -0.381 e. The van der Waals surface area contributed by atoms with Gasteiger partial charge in [0, 0.05) is 42.9 Å². The number of carbonyl (C=O) groups is 1. The van der Waals surface area contributed by atoms with Gasteiger partial charge in [0.15, 0.2) is 0 Å². The number of nitrogens with zero attached hydrogens (tertiary/aromatic N) is 3. The van der Waals surface area contributed by atoms with Crippen molar-refractivity contribution in [2.75, 3.05) is 18.4 Å². The standard InChI is InChI=1S/C16H20N6O/c17-16(23)14-10-21-12(7-13-9-19-5-6-20-13)8-15(14)22-11-1-3-18-4-2-11/h5-6,8-11,18H,1-4,7H2,(H2,17,23)(H,21,22). The number of rotatable bonds is 5. The van der Waals surface area contributed by atoms with Gasteiger partial charge in [0.25, 0.3) is 5.91 Å². The number of pyridine rings is 1. The molecular formula is C16H20N6O. The largest absolute Gasteiger partial charge is 0.381 e. The summed E-state index contributed by atoms with van der Waals surface area (Å²) in [7, 11) is 0. The Labute approximate surface area is 134 Å². The predicted octanol–water partition coefficient (Wildman–Crippen LogP) is 0.725. The van der Waals surface area contributed by atoms with Crippen LogP contribution in [-0.2, 0) is 6.42 Å². The SMILES string of the molecule is NC(=O)c1cnc(Cc2cnccn2)cc1NC1CCNCC1. The minimum atomic E-state index is -0.472. The van der Waals surface area contributed by atoms with Crippen LogP contribution in [0.1, 0.15) is 34.6 Å². The fourth-order valence-electron chi connectivity index (χ4n) is 2.70. The summed E-state index contributed by atoms with van der Waals surface area (Å²) >= 11 is 0. The fraction of sp³-hybridized carbons (Fsp3) is 0.375. The molecule has 2 aromatic heterocycles. The van der Waals surface area contributed by atoms with Crippen LogP contribution >= 0.6 is 0 Å². The molecule has 7 heteroatoms. The van der Waals surface area contributed by atoms with Gasteiger partial charge in [-0.05, 0) is 32.0 Å². The van der Waals surface area contributed by atoms with Crippen molar-refractivity contribution >= 4 is 11.6 Å². The van der Waals surface area contributed by atoms with E-state index in [1.165, 1.54) is 6.20 Å². The van der Waals surface area contributed by atoms with Gasteiger partial charge in [0.1, 0.15) is 0 Å². The molecule has 1 aliphatic heterocycles. The van der Waals surface area contributed by atoms with Crippen LogP contribution < -0.4 is 16.4 Å². The van der Waals surface area contributed by atoms with Gasteiger partial charge in [-0.1, -0.05) is 0 Å². The number of hydrogen-bond donors (Lipinski definition) is 3. The van der Waals surface area contributed by atoms with Gasteiger partial charge in [-0.25, -0.2) is 0 Å². The number of aromatic nitrogens is 3. The molecule has 0 unspecified atom stereocenters. The monoisotopic (exact) mass is 312 g/mol. The van der Waals surface area contributed by atoms with Gasteiger partial charge in [0.2, 0.25) is 0 Å². The maximum atomic E-state index is 11.6. The molecule has 1 aliphatic rings. The van der Waals surface area contributed by atoms with E-state index in [2.05, 4.69) is 25.6 Å². The van der Waals surface area contributed by atoms with Crippen molar-refractivity contribution in [3.8, 4) is 0 Å². The van der Waals surface area contributed by atoms with Crippen LogP contribution in [0.2, 0.25) is 0 Å². The summed E-state index contributed by atoms with van der Waals surface area (Å²) in [6, 6.07) is 2.22. The van der Waals surface area contributed by atoms with Crippen molar-refractivity contribution in [1.29, 1.82) is 0 Å². The fourth-order valence-corrected chi connectivity index (χ4v) is 2.70. The average Bonchev–Trinajstić information content (AvgIpc) is 2.57. The lowest BCUT2D eigenvalue weighted by atomic mass is 10.0. The molecule has 7 nitrogen and oxygen atoms in total. The van der Waals surface area contributed by atoms with E-state index in [4.69, 9.17) is 5.73 Å². The second-order valence-electron chi connectivity index (χ2n) is 5.63. The molecule has 0 saturated carbocycles. The van der Waals surface area contributed by atoms with Crippen molar-refractivity contribution in [2.24, 2.45) is 5.73 Å². The Morgan fingerprint density at radius 1 is 1.22 bits per heavy atom. The van der Waals surface area contributed by atoms with Gasteiger partial charge in [0.05, 0.1) is 16.9 Å². The summed E-state index contributed by atoms with van der Waals surface area (Å²) in [5, 5.41) is 6.76. The van der Waals surface area contributed by atoms with E-state index in [0.717, 1.165) is 43.0 Å². The molecule has 0 radical (unpaired) electrons. The summed E-state index contributed by atoms with van der Waals surface area (Å²) < 4.78 is 0. The smallest absolute Gasteiger partial charge is 0.252 e. The Balaban J connectivity index is 1.82. The predicted molar refractivity (Wildman–Crippen MR) is 87.1 cm³/mol. The number of piperidine rings is 1. The Morgan fingerprint density at radius 2 is 2.04 bits per heavy atom. The number of nitrogens with one attached hydrogen (secondary N) is 2. The normalized spacial score (nSPS) is 15.3. The highest BCUT2D eigenvalue weighted by Gasteiger charge is 2.17. The van der Waals surface area contributed by atoms with E-state index in [1.54, 1.807) is 18.6 Å². The molecule has 3 heterocycles. The topological polar surface area (TPSA) is 106 Å². The minimum absolute atomic E-state index is 0.334. The highest BCUT2D eigenvalue weighted by molar-refractivity contribution is 5.98. The summed E-state index contributed by atoms with van der Waals surface area (Å²) in [6.07, 6.45) is 9.13. The molecule has 120 valence electrons. The molecule has 0 bridgehead atoms. The number of amides is 1.